The number of benzene rings is 1. The zero-order valence-corrected chi connectivity index (χ0v) is 9.14. The van der Waals surface area contributed by atoms with Gasteiger partial charge in [0.1, 0.15) is 0 Å². The van der Waals surface area contributed by atoms with E-state index in [1.807, 2.05) is 6.07 Å². The molecule has 0 amide bonds. The van der Waals surface area contributed by atoms with E-state index >= 15 is 0 Å². The minimum absolute atomic E-state index is 0.0138. The van der Waals surface area contributed by atoms with Crippen LogP contribution in [0, 0.1) is 0 Å². The van der Waals surface area contributed by atoms with E-state index in [-0.39, 0.29) is 23.8 Å². The molecule has 1 aliphatic rings. The predicted molar refractivity (Wildman–Crippen MR) is 63.3 cm³/mol. The standard InChI is InChI=1S/C12H12N2O3/c15-6-7-4-5-14-10-8(7)2-1-3-9(10)11(16)13-12(14)17/h1-3,7,15H,4-6H2,(H,13,16,17). The summed E-state index contributed by atoms with van der Waals surface area (Å²) in [6, 6.07) is 5.36. The maximum absolute atomic E-state index is 11.7. The van der Waals surface area contributed by atoms with Crippen LogP contribution in [0.15, 0.2) is 27.8 Å². The third kappa shape index (κ3) is 1.36. The van der Waals surface area contributed by atoms with Crippen LogP contribution in [0.4, 0.5) is 0 Å². The van der Waals surface area contributed by atoms with Gasteiger partial charge in [-0.1, -0.05) is 12.1 Å². The van der Waals surface area contributed by atoms with E-state index in [2.05, 4.69) is 4.98 Å². The second-order valence-corrected chi connectivity index (χ2v) is 4.32. The Kier molecular flexibility index (Phi) is 2.16. The van der Waals surface area contributed by atoms with Crippen LogP contribution < -0.4 is 11.2 Å². The number of aromatic amines is 1. The van der Waals surface area contributed by atoms with Gasteiger partial charge in [-0.2, -0.15) is 0 Å². The van der Waals surface area contributed by atoms with Gasteiger partial charge in [0.2, 0.25) is 0 Å². The Morgan fingerprint density at radius 1 is 1.41 bits per heavy atom. The molecule has 5 nitrogen and oxygen atoms in total. The molecule has 1 aromatic carbocycles. The molecule has 1 atom stereocenters. The van der Waals surface area contributed by atoms with Crippen molar-refractivity contribution in [3.8, 4) is 0 Å². The monoisotopic (exact) mass is 232 g/mol. The van der Waals surface area contributed by atoms with Gasteiger partial charge in [-0.25, -0.2) is 4.79 Å². The molecule has 0 fully saturated rings. The first-order valence-corrected chi connectivity index (χ1v) is 5.59. The van der Waals surface area contributed by atoms with Crippen LogP contribution in [-0.2, 0) is 6.54 Å². The number of hydrogen-bond acceptors (Lipinski definition) is 3. The van der Waals surface area contributed by atoms with Gasteiger partial charge in [-0.05, 0) is 18.1 Å². The maximum Gasteiger partial charge on any atom is 0.328 e. The van der Waals surface area contributed by atoms with Gasteiger partial charge in [0, 0.05) is 12.5 Å². The van der Waals surface area contributed by atoms with Crippen molar-refractivity contribution in [2.24, 2.45) is 0 Å². The van der Waals surface area contributed by atoms with Crippen molar-refractivity contribution in [1.29, 1.82) is 0 Å². The topological polar surface area (TPSA) is 75.1 Å². The van der Waals surface area contributed by atoms with Crippen molar-refractivity contribution >= 4 is 10.9 Å². The van der Waals surface area contributed by atoms with Crippen LogP contribution in [0.3, 0.4) is 0 Å². The molecule has 0 saturated heterocycles. The zero-order valence-electron chi connectivity index (χ0n) is 9.14. The minimum atomic E-state index is -0.369. The molecule has 1 aromatic heterocycles. The van der Waals surface area contributed by atoms with Crippen LogP contribution >= 0.6 is 0 Å². The largest absolute Gasteiger partial charge is 0.396 e. The van der Waals surface area contributed by atoms with Crippen LogP contribution in [0.25, 0.3) is 10.9 Å². The summed E-state index contributed by atoms with van der Waals surface area (Å²) in [5.41, 5.74) is 0.832. The molecule has 1 unspecified atom stereocenters. The van der Waals surface area contributed by atoms with Crippen LogP contribution in [0.1, 0.15) is 17.9 Å². The molecular weight excluding hydrogens is 220 g/mol. The number of para-hydroxylation sites is 1. The summed E-state index contributed by atoms with van der Waals surface area (Å²) >= 11 is 0. The normalized spacial score (nSPS) is 18.5. The Bertz CT molecular complexity index is 699. The Morgan fingerprint density at radius 3 is 3.00 bits per heavy atom. The molecule has 1 aliphatic heterocycles. The lowest BCUT2D eigenvalue weighted by Gasteiger charge is -2.24. The van der Waals surface area contributed by atoms with Crippen molar-refractivity contribution in [2.75, 3.05) is 6.61 Å². The second-order valence-electron chi connectivity index (χ2n) is 4.32. The van der Waals surface area contributed by atoms with E-state index in [1.165, 1.54) is 0 Å². The van der Waals surface area contributed by atoms with E-state index in [0.717, 1.165) is 5.56 Å². The number of aliphatic hydroxyl groups is 1. The summed E-state index contributed by atoms with van der Waals surface area (Å²) in [7, 11) is 0. The van der Waals surface area contributed by atoms with Crippen LogP contribution in [0.2, 0.25) is 0 Å². The van der Waals surface area contributed by atoms with E-state index in [9.17, 15) is 14.7 Å². The SMILES string of the molecule is O=c1[nH]c(=O)n2c3c(cccc13)C(CO)CC2. The molecule has 2 N–H and O–H groups in total. The number of rotatable bonds is 1. The van der Waals surface area contributed by atoms with Crippen molar-refractivity contribution < 1.29 is 5.11 Å². The summed E-state index contributed by atoms with van der Waals surface area (Å²) in [5, 5.41) is 9.85. The van der Waals surface area contributed by atoms with Gasteiger partial charge in [0.25, 0.3) is 5.56 Å². The lowest BCUT2D eigenvalue weighted by Crippen LogP contribution is -2.34. The quantitative estimate of drug-likeness (QED) is 0.736. The maximum atomic E-state index is 11.7. The first kappa shape index (κ1) is 10.3. The van der Waals surface area contributed by atoms with Crippen molar-refractivity contribution in [2.45, 2.75) is 18.9 Å². The summed E-state index contributed by atoms with van der Waals surface area (Å²) in [4.78, 5) is 25.7. The summed E-state index contributed by atoms with van der Waals surface area (Å²) < 4.78 is 1.58. The highest BCUT2D eigenvalue weighted by Crippen LogP contribution is 2.30. The molecule has 0 aliphatic carbocycles. The zero-order chi connectivity index (χ0) is 12.0. The molecular formula is C12H12N2O3. The summed E-state index contributed by atoms with van der Waals surface area (Å²) in [6.45, 7) is 0.578. The van der Waals surface area contributed by atoms with Crippen molar-refractivity contribution in [1.82, 2.24) is 9.55 Å². The van der Waals surface area contributed by atoms with Gasteiger partial charge >= 0.3 is 5.69 Å². The number of nitrogens with one attached hydrogen (secondary N) is 1. The van der Waals surface area contributed by atoms with Crippen LogP contribution in [-0.4, -0.2) is 21.3 Å². The minimum Gasteiger partial charge on any atom is -0.396 e. The van der Waals surface area contributed by atoms with Gasteiger partial charge in [-0.15, -0.1) is 0 Å². The lowest BCUT2D eigenvalue weighted by molar-refractivity contribution is 0.252. The smallest absolute Gasteiger partial charge is 0.328 e. The molecule has 2 heterocycles. The van der Waals surface area contributed by atoms with Gasteiger partial charge in [0.05, 0.1) is 17.5 Å². The van der Waals surface area contributed by atoms with E-state index < -0.39 is 0 Å². The molecule has 0 spiro atoms. The first-order valence-electron chi connectivity index (χ1n) is 5.59. The molecule has 3 rings (SSSR count). The Morgan fingerprint density at radius 2 is 2.24 bits per heavy atom. The molecule has 0 radical (unpaired) electrons. The second kappa shape index (κ2) is 3.56. The molecule has 5 heteroatoms. The molecule has 2 aromatic rings. The highest BCUT2D eigenvalue weighted by Gasteiger charge is 2.22. The third-order valence-electron chi connectivity index (χ3n) is 3.41. The van der Waals surface area contributed by atoms with E-state index in [0.29, 0.717) is 23.9 Å². The first-order chi connectivity index (χ1) is 8.22. The van der Waals surface area contributed by atoms with Gasteiger partial charge < -0.3 is 5.11 Å². The number of nitrogens with zero attached hydrogens (tertiary/aromatic N) is 1. The highest BCUT2D eigenvalue weighted by atomic mass is 16.3. The third-order valence-corrected chi connectivity index (χ3v) is 3.41. The van der Waals surface area contributed by atoms with Crippen LogP contribution in [0.5, 0.6) is 0 Å². The number of aryl methyl sites for hydroxylation is 1. The molecule has 0 bridgehead atoms. The van der Waals surface area contributed by atoms with E-state index in [1.54, 1.807) is 16.7 Å². The Labute approximate surface area is 96.3 Å². The van der Waals surface area contributed by atoms with Crippen molar-refractivity contribution in [3.63, 3.8) is 0 Å². The predicted octanol–water partition coefficient (Wildman–Crippen LogP) is 0.169. The highest BCUT2D eigenvalue weighted by molar-refractivity contribution is 5.82. The number of H-pyrrole nitrogens is 1. The fourth-order valence-corrected chi connectivity index (χ4v) is 2.55. The fourth-order valence-electron chi connectivity index (χ4n) is 2.55. The average Bonchev–Trinajstić information content (AvgIpc) is 2.35. The molecule has 88 valence electrons. The summed E-state index contributed by atoms with van der Waals surface area (Å²) in [6.07, 6.45) is 0.717. The number of aromatic nitrogens is 2. The van der Waals surface area contributed by atoms with Gasteiger partial charge in [0.15, 0.2) is 0 Å². The summed E-state index contributed by atoms with van der Waals surface area (Å²) in [5.74, 6) is 0.0138. The average molecular weight is 232 g/mol. The Hall–Kier alpha value is -1.88. The van der Waals surface area contributed by atoms with E-state index in [4.69, 9.17) is 0 Å². The Balaban J connectivity index is 2.52. The fraction of sp³-hybridized carbons (Fsp3) is 0.333. The lowest BCUT2D eigenvalue weighted by atomic mass is 9.91. The van der Waals surface area contributed by atoms with Crippen molar-refractivity contribution in [3.05, 3.63) is 44.6 Å². The molecule has 0 saturated carbocycles. The number of aliphatic hydroxyl groups excluding tert-OH is 1. The van der Waals surface area contributed by atoms with Gasteiger partial charge in [-0.3, -0.25) is 14.3 Å². The molecule has 17 heavy (non-hydrogen) atoms. The number of hydrogen-bond donors (Lipinski definition) is 2.